The van der Waals surface area contributed by atoms with E-state index in [2.05, 4.69) is 11.8 Å². The van der Waals surface area contributed by atoms with Gasteiger partial charge in [0.05, 0.1) is 18.4 Å². The molecule has 0 bridgehead atoms. The van der Waals surface area contributed by atoms with Gasteiger partial charge >= 0.3 is 0 Å². The van der Waals surface area contributed by atoms with Gasteiger partial charge in [0, 0.05) is 13.1 Å². The van der Waals surface area contributed by atoms with Gasteiger partial charge in [-0.05, 0) is 18.5 Å². The minimum Gasteiger partial charge on any atom is -0.395 e. The molecular formula is C14H23N3O. The first-order valence-corrected chi connectivity index (χ1v) is 6.41. The van der Waals surface area contributed by atoms with Crippen LogP contribution in [0.2, 0.25) is 0 Å². The molecule has 0 saturated carbocycles. The second kappa shape index (κ2) is 7.84. The summed E-state index contributed by atoms with van der Waals surface area (Å²) >= 11 is 0. The summed E-state index contributed by atoms with van der Waals surface area (Å²) in [5.41, 5.74) is 6.76. The van der Waals surface area contributed by atoms with Crippen molar-refractivity contribution in [3.05, 3.63) is 35.9 Å². The van der Waals surface area contributed by atoms with Crippen LogP contribution in [0.1, 0.15) is 24.8 Å². The maximum Gasteiger partial charge on any atom is 0.0995 e. The maximum atomic E-state index is 9.06. The molecule has 4 heteroatoms. The van der Waals surface area contributed by atoms with Crippen LogP contribution < -0.4 is 5.73 Å². The largest absolute Gasteiger partial charge is 0.395 e. The zero-order valence-electron chi connectivity index (χ0n) is 11.0. The summed E-state index contributed by atoms with van der Waals surface area (Å²) in [4.78, 5) is 2.15. The van der Waals surface area contributed by atoms with E-state index in [1.807, 2.05) is 30.3 Å². The molecule has 0 saturated heterocycles. The molecule has 4 nitrogen and oxygen atoms in total. The lowest BCUT2D eigenvalue weighted by molar-refractivity contribution is 0.194. The first-order chi connectivity index (χ1) is 8.69. The van der Waals surface area contributed by atoms with Gasteiger partial charge in [0.15, 0.2) is 0 Å². The van der Waals surface area contributed by atoms with E-state index >= 15 is 0 Å². The fraction of sp³-hybridized carbons (Fsp3) is 0.500. The van der Waals surface area contributed by atoms with Crippen LogP contribution in [0.3, 0.4) is 0 Å². The zero-order chi connectivity index (χ0) is 13.4. The summed E-state index contributed by atoms with van der Waals surface area (Å²) in [6, 6.07) is 9.87. The van der Waals surface area contributed by atoms with E-state index in [9.17, 15) is 0 Å². The highest BCUT2D eigenvalue weighted by atomic mass is 16.3. The van der Waals surface area contributed by atoms with Crippen molar-refractivity contribution in [1.29, 1.82) is 5.41 Å². The van der Waals surface area contributed by atoms with Gasteiger partial charge in [-0.1, -0.05) is 37.3 Å². The molecule has 1 atom stereocenters. The van der Waals surface area contributed by atoms with Crippen molar-refractivity contribution in [2.75, 3.05) is 26.2 Å². The number of nitrogens with zero attached hydrogens (tertiary/aromatic N) is 1. The van der Waals surface area contributed by atoms with Crippen LogP contribution in [-0.2, 0) is 0 Å². The highest BCUT2D eigenvalue weighted by Crippen LogP contribution is 2.16. The number of benzene rings is 1. The van der Waals surface area contributed by atoms with E-state index < -0.39 is 0 Å². The van der Waals surface area contributed by atoms with Crippen LogP contribution in [-0.4, -0.2) is 42.1 Å². The number of hydrogen-bond acceptors (Lipinski definition) is 3. The highest BCUT2D eigenvalue weighted by molar-refractivity contribution is 5.84. The van der Waals surface area contributed by atoms with Gasteiger partial charge in [0.25, 0.3) is 0 Å². The van der Waals surface area contributed by atoms with Crippen molar-refractivity contribution in [3.8, 4) is 0 Å². The van der Waals surface area contributed by atoms with Crippen molar-refractivity contribution in [2.24, 2.45) is 5.73 Å². The summed E-state index contributed by atoms with van der Waals surface area (Å²) < 4.78 is 0. The minimum absolute atomic E-state index is 0.0932. The normalized spacial score (nSPS) is 12.6. The molecule has 1 unspecified atom stereocenters. The number of hydrogen-bond donors (Lipinski definition) is 3. The van der Waals surface area contributed by atoms with Gasteiger partial charge in [0.1, 0.15) is 0 Å². The number of aliphatic hydroxyl groups excluding tert-OH is 1. The standard InChI is InChI=1S/C14H23N3O/c1-2-8-17(9-10-18)11-13(14(15)16)12-6-4-3-5-7-12/h3-7,13,18H,2,8-11H2,1H3,(H3,15,16). The monoisotopic (exact) mass is 249 g/mol. The van der Waals surface area contributed by atoms with Gasteiger partial charge in [-0.15, -0.1) is 0 Å². The molecule has 4 N–H and O–H groups in total. The summed E-state index contributed by atoms with van der Waals surface area (Å²) in [6.07, 6.45) is 1.03. The molecule has 1 aromatic rings. The van der Waals surface area contributed by atoms with Gasteiger partial charge in [-0.25, -0.2) is 0 Å². The molecule has 18 heavy (non-hydrogen) atoms. The Morgan fingerprint density at radius 3 is 2.50 bits per heavy atom. The van der Waals surface area contributed by atoms with Crippen LogP contribution in [0.15, 0.2) is 30.3 Å². The number of amidine groups is 1. The number of rotatable bonds is 8. The molecule has 1 rings (SSSR count). The van der Waals surface area contributed by atoms with E-state index in [1.54, 1.807) is 0 Å². The van der Waals surface area contributed by atoms with Gasteiger partial charge < -0.3 is 15.7 Å². The van der Waals surface area contributed by atoms with Gasteiger partial charge in [0.2, 0.25) is 0 Å². The molecular weight excluding hydrogens is 226 g/mol. The van der Waals surface area contributed by atoms with Crippen LogP contribution in [0.5, 0.6) is 0 Å². The molecule has 0 fully saturated rings. The first kappa shape index (κ1) is 14.7. The molecule has 0 aliphatic rings. The van der Waals surface area contributed by atoms with Crippen molar-refractivity contribution < 1.29 is 5.11 Å². The average Bonchev–Trinajstić information content (AvgIpc) is 2.37. The third-order valence-corrected chi connectivity index (χ3v) is 2.97. The maximum absolute atomic E-state index is 9.06. The second-order valence-corrected chi connectivity index (χ2v) is 4.44. The van der Waals surface area contributed by atoms with Crippen LogP contribution in [0.25, 0.3) is 0 Å². The molecule has 0 spiro atoms. The molecule has 0 radical (unpaired) electrons. The van der Waals surface area contributed by atoms with E-state index in [4.69, 9.17) is 16.2 Å². The van der Waals surface area contributed by atoms with E-state index in [0.29, 0.717) is 13.1 Å². The van der Waals surface area contributed by atoms with E-state index in [-0.39, 0.29) is 18.4 Å². The molecule has 100 valence electrons. The molecule has 0 aliphatic carbocycles. The Labute approximate surface area is 109 Å². The lowest BCUT2D eigenvalue weighted by Crippen LogP contribution is -2.36. The number of aliphatic hydroxyl groups is 1. The van der Waals surface area contributed by atoms with Crippen molar-refractivity contribution >= 4 is 5.84 Å². The smallest absolute Gasteiger partial charge is 0.0995 e. The van der Waals surface area contributed by atoms with Crippen LogP contribution in [0, 0.1) is 5.41 Å². The summed E-state index contributed by atoms with van der Waals surface area (Å²) in [5.74, 6) is 0.0875. The first-order valence-electron chi connectivity index (χ1n) is 6.41. The molecule has 0 amide bonds. The summed E-state index contributed by atoms with van der Waals surface area (Å²) in [5, 5.41) is 16.8. The predicted molar refractivity (Wildman–Crippen MR) is 74.9 cm³/mol. The second-order valence-electron chi connectivity index (χ2n) is 4.44. The Bertz CT molecular complexity index is 347. The number of nitrogens with two attached hydrogens (primary N) is 1. The van der Waals surface area contributed by atoms with Gasteiger partial charge in [-0.2, -0.15) is 0 Å². The molecule has 0 aliphatic heterocycles. The number of nitrogens with one attached hydrogen (secondary N) is 1. The Morgan fingerprint density at radius 2 is 2.00 bits per heavy atom. The molecule has 1 aromatic carbocycles. The Morgan fingerprint density at radius 1 is 1.33 bits per heavy atom. The average molecular weight is 249 g/mol. The highest BCUT2D eigenvalue weighted by Gasteiger charge is 2.18. The zero-order valence-corrected chi connectivity index (χ0v) is 11.0. The summed E-state index contributed by atoms with van der Waals surface area (Å²) in [7, 11) is 0. The van der Waals surface area contributed by atoms with E-state index in [1.165, 1.54) is 0 Å². The van der Waals surface area contributed by atoms with Crippen molar-refractivity contribution in [2.45, 2.75) is 19.3 Å². The molecule has 0 aromatic heterocycles. The van der Waals surface area contributed by atoms with Crippen molar-refractivity contribution in [1.82, 2.24) is 4.90 Å². The van der Waals surface area contributed by atoms with Crippen LogP contribution >= 0.6 is 0 Å². The third-order valence-electron chi connectivity index (χ3n) is 2.97. The van der Waals surface area contributed by atoms with Crippen molar-refractivity contribution in [3.63, 3.8) is 0 Å². The minimum atomic E-state index is -0.0932. The lowest BCUT2D eigenvalue weighted by atomic mass is 9.97. The van der Waals surface area contributed by atoms with Gasteiger partial charge in [-0.3, -0.25) is 5.41 Å². The van der Waals surface area contributed by atoms with E-state index in [0.717, 1.165) is 18.5 Å². The fourth-order valence-electron chi connectivity index (χ4n) is 2.08. The Hall–Kier alpha value is -1.39. The topological polar surface area (TPSA) is 73.3 Å². The third kappa shape index (κ3) is 4.47. The Kier molecular flexibility index (Phi) is 6.39. The quantitative estimate of drug-likeness (QED) is 0.482. The van der Waals surface area contributed by atoms with Crippen LogP contribution in [0.4, 0.5) is 0 Å². The SMILES string of the molecule is CCCN(CCO)CC(C(=N)N)c1ccccc1. The fourth-order valence-corrected chi connectivity index (χ4v) is 2.08. The summed E-state index contributed by atoms with van der Waals surface area (Å²) in [6.45, 7) is 4.48. The predicted octanol–water partition coefficient (Wildman–Crippen LogP) is 1.41. The molecule has 0 heterocycles. The lowest BCUT2D eigenvalue weighted by Gasteiger charge is -2.26. The Balaban J connectivity index is 2.76.